The van der Waals surface area contributed by atoms with Gasteiger partial charge in [-0.3, -0.25) is 0 Å². The van der Waals surface area contributed by atoms with Crippen LogP contribution in [0.1, 0.15) is 31.2 Å². The van der Waals surface area contributed by atoms with Gasteiger partial charge in [0.25, 0.3) is 0 Å². The molecule has 0 saturated carbocycles. The van der Waals surface area contributed by atoms with Crippen LogP contribution in [0.4, 0.5) is 0 Å². The average Bonchev–Trinajstić information content (AvgIpc) is 2.85. The van der Waals surface area contributed by atoms with Crippen molar-refractivity contribution < 1.29 is 4.42 Å². The van der Waals surface area contributed by atoms with E-state index in [4.69, 9.17) is 16.0 Å². The van der Waals surface area contributed by atoms with E-state index in [2.05, 4.69) is 31.3 Å². The Morgan fingerprint density at radius 2 is 1.89 bits per heavy atom. The van der Waals surface area contributed by atoms with E-state index >= 15 is 0 Å². The van der Waals surface area contributed by atoms with Gasteiger partial charge in [-0.1, -0.05) is 23.7 Å². The summed E-state index contributed by atoms with van der Waals surface area (Å²) in [6.45, 7) is 4.28. The number of rotatable bonds is 5. The first-order valence-corrected chi connectivity index (χ1v) is 6.57. The summed E-state index contributed by atoms with van der Waals surface area (Å²) in [4.78, 5) is 0. The van der Waals surface area contributed by atoms with Gasteiger partial charge in [-0.25, -0.2) is 0 Å². The van der Waals surface area contributed by atoms with E-state index in [1.54, 1.807) is 6.26 Å². The average molecular weight is 264 g/mol. The summed E-state index contributed by atoms with van der Waals surface area (Å²) in [5, 5.41) is 4.30. The lowest BCUT2D eigenvalue weighted by Gasteiger charge is -2.18. The Kier molecular flexibility index (Phi) is 4.45. The highest BCUT2D eigenvalue weighted by molar-refractivity contribution is 6.30. The molecule has 1 N–H and O–H groups in total. The predicted octanol–water partition coefficient (Wildman–Crippen LogP) is 4.21. The maximum Gasteiger partial charge on any atom is 0.120 e. The van der Waals surface area contributed by atoms with Gasteiger partial charge in [0, 0.05) is 11.1 Å². The molecule has 1 unspecified atom stereocenters. The third-order valence-corrected chi connectivity index (χ3v) is 3.21. The molecule has 2 rings (SSSR count). The highest BCUT2D eigenvalue weighted by Crippen LogP contribution is 2.15. The number of nitrogens with one attached hydrogen (secondary N) is 1. The molecule has 1 heterocycles. The maximum absolute atomic E-state index is 5.87. The lowest BCUT2D eigenvalue weighted by Crippen LogP contribution is -2.30. The summed E-state index contributed by atoms with van der Waals surface area (Å²) in [5.41, 5.74) is 1.28. The zero-order chi connectivity index (χ0) is 13.0. The van der Waals surface area contributed by atoms with E-state index in [0.717, 1.165) is 17.2 Å². The van der Waals surface area contributed by atoms with Crippen molar-refractivity contribution in [1.29, 1.82) is 0 Å². The van der Waals surface area contributed by atoms with Gasteiger partial charge < -0.3 is 9.73 Å². The molecule has 0 bridgehead atoms. The molecule has 2 nitrogen and oxygen atoms in total. The number of furan rings is 1. The molecular formula is C15H18ClNO. The molecule has 1 aromatic carbocycles. The van der Waals surface area contributed by atoms with Crippen LogP contribution in [0, 0.1) is 0 Å². The number of hydrogen-bond donors (Lipinski definition) is 1. The van der Waals surface area contributed by atoms with Crippen molar-refractivity contribution in [1.82, 2.24) is 5.32 Å². The fourth-order valence-electron chi connectivity index (χ4n) is 2.08. The van der Waals surface area contributed by atoms with Crippen LogP contribution in [-0.2, 0) is 6.42 Å². The summed E-state index contributed by atoms with van der Waals surface area (Å²) >= 11 is 5.87. The lowest BCUT2D eigenvalue weighted by molar-refractivity contribution is 0.397. The minimum atomic E-state index is 0.224. The first-order chi connectivity index (χ1) is 8.65. The van der Waals surface area contributed by atoms with E-state index in [9.17, 15) is 0 Å². The van der Waals surface area contributed by atoms with Crippen molar-refractivity contribution in [3.05, 3.63) is 59.0 Å². The fourth-order valence-corrected chi connectivity index (χ4v) is 2.21. The molecule has 96 valence electrons. The Bertz CT molecular complexity index is 464. The van der Waals surface area contributed by atoms with Gasteiger partial charge in [0.05, 0.1) is 12.3 Å². The van der Waals surface area contributed by atoms with Gasteiger partial charge in [-0.15, -0.1) is 0 Å². The van der Waals surface area contributed by atoms with E-state index in [1.807, 2.05) is 24.3 Å². The minimum Gasteiger partial charge on any atom is -0.468 e. The Morgan fingerprint density at radius 1 is 1.17 bits per heavy atom. The molecule has 1 aromatic heterocycles. The molecule has 2 atom stereocenters. The van der Waals surface area contributed by atoms with Gasteiger partial charge >= 0.3 is 0 Å². The summed E-state index contributed by atoms with van der Waals surface area (Å²) in [6.07, 6.45) is 2.68. The zero-order valence-corrected chi connectivity index (χ0v) is 11.4. The van der Waals surface area contributed by atoms with Crippen molar-refractivity contribution in [2.45, 2.75) is 32.4 Å². The molecule has 18 heavy (non-hydrogen) atoms. The van der Waals surface area contributed by atoms with Crippen LogP contribution >= 0.6 is 11.6 Å². The second-order valence-electron chi connectivity index (χ2n) is 4.64. The first-order valence-electron chi connectivity index (χ1n) is 6.19. The fraction of sp³-hybridized carbons (Fsp3) is 0.333. The van der Waals surface area contributed by atoms with E-state index in [-0.39, 0.29) is 6.04 Å². The van der Waals surface area contributed by atoms with Crippen LogP contribution in [-0.4, -0.2) is 6.04 Å². The normalized spacial score (nSPS) is 14.4. The second-order valence-corrected chi connectivity index (χ2v) is 5.07. The number of hydrogen-bond acceptors (Lipinski definition) is 2. The van der Waals surface area contributed by atoms with Gasteiger partial charge in [-0.05, 0) is 50.1 Å². The monoisotopic (exact) mass is 263 g/mol. The van der Waals surface area contributed by atoms with Crippen molar-refractivity contribution in [2.24, 2.45) is 0 Å². The van der Waals surface area contributed by atoms with Crippen molar-refractivity contribution >= 4 is 11.6 Å². The molecule has 0 radical (unpaired) electrons. The van der Waals surface area contributed by atoms with Crippen molar-refractivity contribution in [3.8, 4) is 0 Å². The standard InChI is InChI=1S/C15H18ClNO/c1-11(10-13-5-7-14(16)8-6-13)17-12(2)15-4-3-9-18-15/h3-9,11-12,17H,10H2,1-2H3/t11?,12-/m1/s1. The molecule has 0 fully saturated rings. The maximum atomic E-state index is 5.87. The first kappa shape index (κ1) is 13.2. The smallest absolute Gasteiger partial charge is 0.120 e. The second kappa shape index (κ2) is 6.07. The Balaban J connectivity index is 1.88. The predicted molar refractivity (Wildman–Crippen MR) is 74.9 cm³/mol. The molecule has 3 heteroatoms. The summed E-state index contributed by atoms with van der Waals surface area (Å²) in [6, 6.07) is 12.5. The van der Waals surface area contributed by atoms with Gasteiger partial charge in [-0.2, -0.15) is 0 Å². The van der Waals surface area contributed by atoms with Crippen LogP contribution in [0.15, 0.2) is 47.1 Å². The number of halogens is 1. The number of benzene rings is 1. The highest BCUT2D eigenvalue weighted by Gasteiger charge is 2.11. The molecule has 0 aliphatic rings. The summed E-state index contributed by atoms with van der Waals surface area (Å²) in [5.74, 6) is 0.970. The molecule has 0 aliphatic carbocycles. The van der Waals surface area contributed by atoms with Crippen LogP contribution in [0.5, 0.6) is 0 Å². The zero-order valence-electron chi connectivity index (χ0n) is 10.7. The SMILES string of the molecule is CC(Cc1ccc(Cl)cc1)N[C@H](C)c1ccco1. The van der Waals surface area contributed by atoms with Gasteiger partial charge in [0.15, 0.2) is 0 Å². The summed E-state index contributed by atoms with van der Waals surface area (Å²) < 4.78 is 5.38. The van der Waals surface area contributed by atoms with E-state index < -0.39 is 0 Å². The Labute approximate surface area is 113 Å². The Morgan fingerprint density at radius 3 is 2.50 bits per heavy atom. The highest BCUT2D eigenvalue weighted by atomic mass is 35.5. The van der Waals surface area contributed by atoms with Crippen LogP contribution < -0.4 is 5.32 Å². The van der Waals surface area contributed by atoms with Crippen molar-refractivity contribution in [3.63, 3.8) is 0 Å². The minimum absolute atomic E-state index is 0.224. The van der Waals surface area contributed by atoms with Crippen LogP contribution in [0.3, 0.4) is 0 Å². The quantitative estimate of drug-likeness (QED) is 0.874. The molecule has 2 aromatic rings. The van der Waals surface area contributed by atoms with Crippen LogP contribution in [0.2, 0.25) is 5.02 Å². The topological polar surface area (TPSA) is 25.2 Å². The largest absolute Gasteiger partial charge is 0.468 e. The molecular weight excluding hydrogens is 246 g/mol. The molecule has 0 spiro atoms. The van der Waals surface area contributed by atoms with E-state index in [1.165, 1.54) is 5.56 Å². The third kappa shape index (κ3) is 3.62. The lowest BCUT2D eigenvalue weighted by atomic mass is 10.1. The third-order valence-electron chi connectivity index (χ3n) is 2.96. The molecule has 0 amide bonds. The molecule has 0 aliphatic heterocycles. The van der Waals surface area contributed by atoms with Gasteiger partial charge in [0.1, 0.15) is 5.76 Å². The summed E-state index contributed by atoms with van der Waals surface area (Å²) in [7, 11) is 0. The van der Waals surface area contributed by atoms with Crippen LogP contribution in [0.25, 0.3) is 0 Å². The Hall–Kier alpha value is -1.25. The molecule has 0 saturated heterocycles. The van der Waals surface area contributed by atoms with E-state index in [0.29, 0.717) is 6.04 Å². The van der Waals surface area contributed by atoms with Crippen molar-refractivity contribution in [2.75, 3.05) is 0 Å². The van der Waals surface area contributed by atoms with Gasteiger partial charge in [0.2, 0.25) is 0 Å².